The van der Waals surface area contributed by atoms with Gasteiger partial charge >= 0.3 is 0 Å². The molecular weight excluding hydrogens is 371 g/mol. The van der Waals surface area contributed by atoms with Crippen molar-refractivity contribution < 1.29 is 9.00 Å². The number of anilines is 1. The van der Waals surface area contributed by atoms with E-state index in [1.165, 1.54) is 0 Å². The minimum atomic E-state index is -1.09. The summed E-state index contributed by atoms with van der Waals surface area (Å²) >= 11 is 11.8. The Kier molecular flexibility index (Phi) is 7.20. The summed E-state index contributed by atoms with van der Waals surface area (Å²) in [7, 11) is -1.09. The maximum absolute atomic E-state index is 12.4. The molecule has 1 atom stereocenters. The second-order valence-electron chi connectivity index (χ2n) is 4.89. The van der Waals surface area contributed by atoms with Crippen LogP contribution in [0.3, 0.4) is 0 Å². The molecular formula is C15H18Cl2N4O2S. The summed E-state index contributed by atoms with van der Waals surface area (Å²) in [6.07, 6.45) is 5.18. The lowest BCUT2D eigenvalue weighted by atomic mass is 10.3. The van der Waals surface area contributed by atoms with Gasteiger partial charge in [0.2, 0.25) is 5.91 Å². The highest BCUT2D eigenvalue weighted by atomic mass is 35.5. The molecule has 130 valence electrons. The average molecular weight is 389 g/mol. The smallest absolute Gasteiger partial charge is 0.228 e. The molecule has 1 unspecified atom stereocenters. The van der Waals surface area contributed by atoms with Crippen LogP contribution in [0.2, 0.25) is 5.15 Å². The van der Waals surface area contributed by atoms with E-state index < -0.39 is 10.8 Å². The number of rotatable bonds is 8. The third-order valence-corrected chi connectivity index (χ3v) is 5.32. The molecule has 2 heterocycles. The maximum Gasteiger partial charge on any atom is 0.228 e. The molecule has 0 aliphatic rings. The zero-order valence-electron chi connectivity index (χ0n) is 13.2. The highest BCUT2D eigenvalue weighted by Crippen LogP contribution is 2.26. The van der Waals surface area contributed by atoms with Gasteiger partial charge in [0.25, 0.3) is 0 Å². The SMILES string of the molecule is CCN(C(=O)CCS(=O)CCCl)c1cn(-c2cccnc2)nc1Cl. The zero-order valence-corrected chi connectivity index (χ0v) is 15.5. The molecule has 9 heteroatoms. The highest BCUT2D eigenvalue weighted by molar-refractivity contribution is 7.85. The number of aromatic nitrogens is 3. The predicted molar refractivity (Wildman–Crippen MR) is 97.6 cm³/mol. The van der Waals surface area contributed by atoms with E-state index in [0.29, 0.717) is 23.9 Å². The first-order valence-corrected chi connectivity index (χ1v) is 9.83. The number of hydrogen-bond acceptors (Lipinski definition) is 4. The van der Waals surface area contributed by atoms with Crippen molar-refractivity contribution in [2.45, 2.75) is 13.3 Å². The number of halogens is 2. The normalized spacial score (nSPS) is 12.1. The van der Waals surface area contributed by atoms with E-state index >= 15 is 0 Å². The van der Waals surface area contributed by atoms with Gasteiger partial charge in [-0.2, -0.15) is 5.10 Å². The fourth-order valence-electron chi connectivity index (χ4n) is 2.15. The quantitative estimate of drug-likeness (QED) is 0.651. The molecule has 0 aromatic carbocycles. The van der Waals surface area contributed by atoms with Crippen molar-refractivity contribution in [2.24, 2.45) is 0 Å². The van der Waals surface area contributed by atoms with E-state index in [-0.39, 0.29) is 23.2 Å². The second-order valence-corrected chi connectivity index (χ2v) is 7.32. The van der Waals surface area contributed by atoms with E-state index in [1.807, 2.05) is 13.0 Å². The number of amides is 1. The molecule has 0 saturated carbocycles. The first-order valence-electron chi connectivity index (χ1n) is 7.43. The van der Waals surface area contributed by atoms with Gasteiger partial charge in [0.05, 0.1) is 18.1 Å². The molecule has 0 fully saturated rings. The maximum atomic E-state index is 12.4. The van der Waals surface area contributed by atoms with E-state index in [2.05, 4.69) is 10.1 Å². The molecule has 24 heavy (non-hydrogen) atoms. The first-order chi connectivity index (χ1) is 11.6. The summed E-state index contributed by atoms with van der Waals surface area (Å²) in [6.45, 7) is 2.30. The molecule has 2 aromatic heterocycles. The van der Waals surface area contributed by atoms with Gasteiger partial charge < -0.3 is 4.90 Å². The summed E-state index contributed by atoms with van der Waals surface area (Å²) in [5.74, 6) is 0.854. The van der Waals surface area contributed by atoms with Gasteiger partial charge in [-0.05, 0) is 19.1 Å². The number of alkyl halides is 1. The number of nitrogens with zero attached hydrogens (tertiary/aromatic N) is 4. The minimum Gasteiger partial charge on any atom is -0.308 e. The number of pyridine rings is 1. The molecule has 0 aliphatic carbocycles. The molecule has 0 saturated heterocycles. The van der Waals surface area contributed by atoms with Crippen LogP contribution in [-0.4, -0.2) is 48.8 Å². The van der Waals surface area contributed by atoms with E-state index in [1.54, 1.807) is 34.2 Å². The first kappa shape index (κ1) is 18.9. The summed E-state index contributed by atoms with van der Waals surface area (Å²) < 4.78 is 13.2. The van der Waals surface area contributed by atoms with Gasteiger partial charge in [0, 0.05) is 47.3 Å². The summed E-state index contributed by atoms with van der Waals surface area (Å²) in [4.78, 5) is 18.0. The predicted octanol–water partition coefficient (Wildman–Crippen LogP) is 2.65. The van der Waals surface area contributed by atoms with Crippen molar-refractivity contribution in [2.75, 3.05) is 28.8 Å². The van der Waals surface area contributed by atoms with Crippen LogP contribution in [0.5, 0.6) is 0 Å². The van der Waals surface area contributed by atoms with Crippen LogP contribution in [0.15, 0.2) is 30.7 Å². The number of carbonyl (C=O) groups excluding carboxylic acids is 1. The van der Waals surface area contributed by atoms with Gasteiger partial charge in [-0.1, -0.05) is 11.6 Å². The van der Waals surface area contributed by atoms with Crippen molar-refractivity contribution >= 4 is 45.6 Å². The highest BCUT2D eigenvalue weighted by Gasteiger charge is 2.20. The Bertz CT molecular complexity index is 709. The van der Waals surface area contributed by atoms with Crippen LogP contribution in [0.1, 0.15) is 13.3 Å². The Hall–Kier alpha value is -1.44. The van der Waals surface area contributed by atoms with Crippen LogP contribution in [0.25, 0.3) is 5.69 Å². The Labute approximate surface area is 153 Å². The van der Waals surface area contributed by atoms with Crippen LogP contribution < -0.4 is 4.90 Å². The van der Waals surface area contributed by atoms with Crippen molar-refractivity contribution in [1.29, 1.82) is 0 Å². The molecule has 0 aliphatic heterocycles. The van der Waals surface area contributed by atoms with Crippen LogP contribution in [0, 0.1) is 0 Å². The molecule has 1 amide bonds. The third kappa shape index (κ3) is 4.78. The monoisotopic (exact) mass is 388 g/mol. The Balaban J connectivity index is 2.14. The summed E-state index contributed by atoms with van der Waals surface area (Å²) in [5, 5.41) is 4.46. The van der Waals surface area contributed by atoms with E-state index in [4.69, 9.17) is 23.2 Å². The Morgan fingerprint density at radius 1 is 1.42 bits per heavy atom. The van der Waals surface area contributed by atoms with Gasteiger partial charge in [-0.3, -0.25) is 14.0 Å². The molecule has 0 bridgehead atoms. The van der Waals surface area contributed by atoms with E-state index in [0.717, 1.165) is 5.69 Å². The van der Waals surface area contributed by atoms with Crippen LogP contribution in [0.4, 0.5) is 5.69 Å². The lowest BCUT2D eigenvalue weighted by Gasteiger charge is -2.19. The molecule has 2 rings (SSSR count). The van der Waals surface area contributed by atoms with E-state index in [9.17, 15) is 9.00 Å². The Morgan fingerprint density at radius 3 is 2.83 bits per heavy atom. The lowest BCUT2D eigenvalue weighted by molar-refractivity contribution is -0.118. The molecule has 0 spiro atoms. The molecule has 0 radical (unpaired) electrons. The van der Waals surface area contributed by atoms with Crippen molar-refractivity contribution in [1.82, 2.24) is 14.8 Å². The summed E-state index contributed by atoms with van der Waals surface area (Å²) in [5.41, 5.74) is 1.27. The van der Waals surface area contributed by atoms with Crippen LogP contribution in [-0.2, 0) is 15.6 Å². The van der Waals surface area contributed by atoms with Gasteiger partial charge in [0.1, 0.15) is 5.69 Å². The van der Waals surface area contributed by atoms with Gasteiger partial charge in [-0.25, -0.2) is 4.68 Å². The van der Waals surface area contributed by atoms with Crippen LogP contribution >= 0.6 is 23.2 Å². The van der Waals surface area contributed by atoms with Crippen molar-refractivity contribution in [3.63, 3.8) is 0 Å². The average Bonchev–Trinajstić information content (AvgIpc) is 2.96. The number of carbonyl (C=O) groups is 1. The molecule has 6 nitrogen and oxygen atoms in total. The number of hydrogen-bond donors (Lipinski definition) is 0. The standard InChI is InChI=1S/C15H18Cl2N4O2S/c1-2-20(14(22)5-8-24(23)9-6-16)13-11-21(19-15(13)17)12-4-3-7-18-10-12/h3-4,7,10-11H,2,5-6,8-9H2,1H3. The lowest BCUT2D eigenvalue weighted by Crippen LogP contribution is -2.31. The zero-order chi connectivity index (χ0) is 17.5. The third-order valence-electron chi connectivity index (χ3n) is 3.32. The van der Waals surface area contributed by atoms with Gasteiger partial charge in [-0.15, -0.1) is 11.6 Å². The second kappa shape index (κ2) is 9.15. The topological polar surface area (TPSA) is 68.1 Å². The fraction of sp³-hybridized carbons (Fsp3) is 0.400. The molecule has 2 aromatic rings. The van der Waals surface area contributed by atoms with Crippen molar-refractivity contribution in [3.05, 3.63) is 35.9 Å². The summed E-state index contributed by atoms with van der Waals surface area (Å²) in [6, 6.07) is 3.63. The Morgan fingerprint density at radius 2 is 2.21 bits per heavy atom. The van der Waals surface area contributed by atoms with Gasteiger partial charge in [0.15, 0.2) is 5.15 Å². The molecule has 0 N–H and O–H groups in total. The van der Waals surface area contributed by atoms with Crippen molar-refractivity contribution in [3.8, 4) is 5.69 Å². The fourth-order valence-corrected chi connectivity index (χ4v) is 3.68. The largest absolute Gasteiger partial charge is 0.308 e. The minimum absolute atomic E-state index is 0.145.